The van der Waals surface area contributed by atoms with Crippen LogP contribution >= 0.6 is 0 Å². The van der Waals surface area contributed by atoms with Crippen LogP contribution in [0.25, 0.3) is 6.08 Å². The van der Waals surface area contributed by atoms with Gasteiger partial charge in [0.15, 0.2) is 0 Å². The fourth-order valence-electron chi connectivity index (χ4n) is 14.8. The molecule has 10 atom stereocenters. The summed E-state index contributed by atoms with van der Waals surface area (Å²) in [5, 5.41) is 9.65. The molecule has 7 rings (SSSR count). The van der Waals surface area contributed by atoms with E-state index in [2.05, 4.69) is 53.0 Å². The predicted octanol–water partition coefficient (Wildman–Crippen LogP) is 9.45. The Morgan fingerprint density at radius 2 is 1.49 bits per heavy atom. The van der Waals surface area contributed by atoms with Gasteiger partial charge in [0, 0.05) is 37.7 Å². The number of esters is 1. The van der Waals surface area contributed by atoms with E-state index in [1.54, 1.807) is 27.0 Å². The van der Waals surface area contributed by atoms with E-state index in [-0.39, 0.29) is 46.0 Å². The number of nitrogens with zero attached hydrogens (tertiary/aromatic N) is 2. The number of carbonyl (C=O) groups excluding carboxylic acids is 3. The molecular weight excluding hydrogens is 741 g/mol. The monoisotopic (exact) mass is 813 g/mol. The highest BCUT2D eigenvalue weighted by molar-refractivity contribution is 5.92. The first-order valence-corrected chi connectivity index (χ1v) is 22.6. The van der Waals surface area contributed by atoms with Gasteiger partial charge in [-0.05, 0) is 155 Å². The number of hydrogen-bond acceptors (Lipinski definition) is 6. The largest absolute Gasteiger partial charge is 0.497 e. The van der Waals surface area contributed by atoms with Gasteiger partial charge >= 0.3 is 11.9 Å². The Labute approximate surface area is 353 Å². The van der Waals surface area contributed by atoms with E-state index in [9.17, 15) is 19.5 Å². The van der Waals surface area contributed by atoms with Crippen molar-refractivity contribution in [2.75, 3.05) is 33.3 Å². The molecule has 0 radical (unpaired) electrons. The highest BCUT2D eigenvalue weighted by Gasteiger charge is 2.72. The zero-order chi connectivity index (χ0) is 42.9. The van der Waals surface area contributed by atoms with Crippen LogP contribution in [0.3, 0.4) is 0 Å². The molecule has 1 aromatic carbocycles. The molecule has 6 aliphatic rings. The number of rotatable bonds is 9. The summed E-state index contributed by atoms with van der Waals surface area (Å²) in [4.78, 5) is 57.3. The number of piperazine rings is 1. The van der Waals surface area contributed by atoms with Crippen molar-refractivity contribution in [3.63, 3.8) is 0 Å². The molecule has 5 saturated carbocycles. The summed E-state index contributed by atoms with van der Waals surface area (Å²) in [7, 11) is 1.64. The molecule has 9 heteroatoms. The molecule has 9 nitrogen and oxygen atoms in total. The smallest absolute Gasteiger partial charge is 0.309 e. The SMILES string of the molecule is C=C(C)[C@@H]1CC[C@]2(C(=O)N3CCN(C(=O)/C=C/c4ccc(OC)cc4)CC3)CC[C@]3(C)[C@H](CC[C@@H]4[C@@]5(C)CC[C@H](OC(=O)CC(C)(C)C(=O)O)C(C)(C)[C@@H]5CC[C@]43C)[C@@H]12. The maximum atomic E-state index is 15.1. The Morgan fingerprint density at radius 1 is 0.831 bits per heavy atom. The third-order valence-electron chi connectivity index (χ3n) is 18.3. The second kappa shape index (κ2) is 15.4. The standard InChI is InChI=1S/C50H72N2O7/c1-32(2)35-19-24-50(43(55)52-29-27-51(28-30-52)40(53)18-13-33-11-14-34(58-10)15-12-33)26-25-48(8)36(42(35)50)16-17-38-47(7)22-21-39(59-41(54)31-45(3,4)44(56)57)46(5,6)37(47)20-23-49(38,48)9/h11-15,18,35-39,42H,1,16-17,19-31H2,2-10H3,(H,56,57)/b18-13+/t35-,36+,37-,38+,39-,42+,47-,48+,49+,50-/m0/s1. The van der Waals surface area contributed by atoms with Crippen molar-refractivity contribution in [2.24, 2.45) is 62.1 Å². The van der Waals surface area contributed by atoms with Crippen LogP contribution in [0.2, 0.25) is 0 Å². The summed E-state index contributed by atoms with van der Waals surface area (Å²) in [6.45, 7) is 24.5. The van der Waals surface area contributed by atoms with E-state index in [0.29, 0.717) is 55.8 Å². The molecule has 5 aliphatic carbocycles. The summed E-state index contributed by atoms with van der Waals surface area (Å²) in [6.07, 6.45) is 13.3. The second-order valence-electron chi connectivity index (χ2n) is 21.8. The van der Waals surface area contributed by atoms with Gasteiger partial charge in [0.25, 0.3) is 0 Å². The third kappa shape index (κ3) is 7.06. The molecule has 0 aromatic heterocycles. The summed E-state index contributed by atoms with van der Waals surface area (Å²) in [6, 6.07) is 7.64. The van der Waals surface area contributed by atoms with Crippen LogP contribution in [-0.2, 0) is 23.9 Å². The van der Waals surface area contributed by atoms with Crippen molar-refractivity contribution >= 4 is 29.8 Å². The second-order valence-corrected chi connectivity index (χ2v) is 21.8. The van der Waals surface area contributed by atoms with Crippen LogP contribution in [0.4, 0.5) is 0 Å². The van der Waals surface area contributed by atoms with Crippen LogP contribution in [0.15, 0.2) is 42.5 Å². The molecule has 59 heavy (non-hydrogen) atoms. The quantitative estimate of drug-likeness (QED) is 0.150. The lowest BCUT2D eigenvalue weighted by molar-refractivity contribution is -0.250. The third-order valence-corrected chi connectivity index (χ3v) is 18.3. The Bertz CT molecular complexity index is 1860. The lowest BCUT2D eigenvalue weighted by atomic mass is 9.32. The Balaban J connectivity index is 1.07. The number of carbonyl (C=O) groups is 4. The number of fused-ring (bicyclic) bond motifs is 7. The number of ether oxygens (including phenoxy) is 2. The van der Waals surface area contributed by atoms with Gasteiger partial charge in [-0.3, -0.25) is 19.2 Å². The molecule has 1 saturated heterocycles. The van der Waals surface area contributed by atoms with Gasteiger partial charge in [-0.15, -0.1) is 0 Å². The first kappa shape index (κ1) is 43.5. The lowest BCUT2D eigenvalue weighted by Gasteiger charge is -2.73. The maximum Gasteiger partial charge on any atom is 0.309 e. The summed E-state index contributed by atoms with van der Waals surface area (Å²) in [5.74, 6) is 1.61. The number of carboxylic acids is 1. The van der Waals surface area contributed by atoms with Crippen molar-refractivity contribution in [3.05, 3.63) is 48.1 Å². The van der Waals surface area contributed by atoms with Crippen molar-refractivity contribution in [2.45, 2.75) is 132 Å². The van der Waals surface area contributed by atoms with Crippen LogP contribution in [0.5, 0.6) is 5.75 Å². The molecule has 1 N–H and O–H groups in total. The van der Waals surface area contributed by atoms with Gasteiger partial charge in [0.2, 0.25) is 11.8 Å². The number of allylic oxidation sites excluding steroid dienone is 1. The van der Waals surface area contributed by atoms with E-state index >= 15 is 4.79 Å². The van der Waals surface area contributed by atoms with E-state index in [4.69, 9.17) is 9.47 Å². The first-order valence-electron chi connectivity index (χ1n) is 22.6. The summed E-state index contributed by atoms with van der Waals surface area (Å²) in [5.41, 5.74) is 0.638. The number of benzene rings is 1. The number of aliphatic carboxylic acids is 1. The number of methoxy groups -OCH3 is 1. The number of carboxylic acid groups (broad SMARTS) is 1. The topological polar surface area (TPSA) is 113 Å². The molecule has 1 aliphatic heterocycles. The molecule has 2 amide bonds. The van der Waals surface area contributed by atoms with Crippen LogP contribution in [0, 0.1) is 62.1 Å². The molecule has 324 valence electrons. The molecule has 6 fully saturated rings. The van der Waals surface area contributed by atoms with E-state index < -0.39 is 22.8 Å². The highest BCUT2D eigenvalue weighted by atomic mass is 16.5. The fraction of sp³-hybridized carbons (Fsp3) is 0.720. The average Bonchev–Trinajstić information content (AvgIpc) is 3.59. The molecular formula is C50H72N2O7. The maximum absolute atomic E-state index is 15.1. The van der Waals surface area contributed by atoms with E-state index in [0.717, 1.165) is 75.5 Å². The molecule has 0 bridgehead atoms. The Kier molecular flexibility index (Phi) is 11.3. The first-order chi connectivity index (χ1) is 27.6. The molecule has 1 heterocycles. The van der Waals surface area contributed by atoms with Crippen molar-refractivity contribution in [3.8, 4) is 5.75 Å². The minimum Gasteiger partial charge on any atom is -0.497 e. The van der Waals surface area contributed by atoms with Crippen LogP contribution < -0.4 is 4.74 Å². The van der Waals surface area contributed by atoms with Crippen molar-refractivity contribution < 1.29 is 33.8 Å². The van der Waals surface area contributed by atoms with Crippen molar-refractivity contribution in [1.82, 2.24) is 9.80 Å². The zero-order valence-electron chi connectivity index (χ0n) is 37.5. The van der Waals surface area contributed by atoms with E-state index in [1.165, 1.54) is 5.57 Å². The average molecular weight is 813 g/mol. The van der Waals surface area contributed by atoms with Gasteiger partial charge in [0.05, 0.1) is 24.4 Å². The molecule has 0 spiro atoms. The molecule has 0 unspecified atom stereocenters. The van der Waals surface area contributed by atoms with Crippen LogP contribution in [0.1, 0.15) is 132 Å². The minimum atomic E-state index is -1.16. The Hall–Kier alpha value is -3.62. The van der Waals surface area contributed by atoms with Gasteiger partial charge in [-0.2, -0.15) is 0 Å². The lowest BCUT2D eigenvalue weighted by Crippen LogP contribution is -2.68. The van der Waals surface area contributed by atoms with E-state index in [1.807, 2.05) is 35.2 Å². The predicted molar refractivity (Wildman–Crippen MR) is 230 cm³/mol. The normalized spacial score (nSPS) is 37.7. The fourth-order valence-corrected chi connectivity index (χ4v) is 14.8. The van der Waals surface area contributed by atoms with Gasteiger partial charge in [-0.25, -0.2) is 0 Å². The number of hydrogen-bond donors (Lipinski definition) is 1. The minimum absolute atomic E-state index is 0.0216. The van der Waals surface area contributed by atoms with Crippen molar-refractivity contribution in [1.29, 1.82) is 0 Å². The Morgan fingerprint density at radius 3 is 2.12 bits per heavy atom. The summed E-state index contributed by atoms with van der Waals surface area (Å²) >= 11 is 0. The number of amides is 2. The molecule has 1 aromatic rings. The highest BCUT2D eigenvalue weighted by Crippen LogP contribution is 2.77. The zero-order valence-corrected chi connectivity index (χ0v) is 37.5. The van der Waals surface area contributed by atoms with Gasteiger partial charge < -0.3 is 24.4 Å². The van der Waals surface area contributed by atoms with Crippen LogP contribution in [-0.4, -0.2) is 78.1 Å². The summed E-state index contributed by atoms with van der Waals surface area (Å²) < 4.78 is 11.5. The van der Waals surface area contributed by atoms with Gasteiger partial charge in [-0.1, -0.05) is 58.9 Å². The van der Waals surface area contributed by atoms with Gasteiger partial charge in [0.1, 0.15) is 11.9 Å².